The Morgan fingerprint density at radius 2 is 2.00 bits per heavy atom. The van der Waals surface area contributed by atoms with E-state index >= 15 is 0 Å². The highest BCUT2D eigenvalue weighted by molar-refractivity contribution is 5.87. The smallest absolute Gasteiger partial charge is 0.356 e. The maximum absolute atomic E-state index is 10.9. The molecule has 2 rings (SSSR count). The van der Waals surface area contributed by atoms with Crippen LogP contribution in [0.2, 0.25) is 0 Å². The Hall–Kier alpha value is -2.10. The standard InChI is InChI=1S/C14H16N2O2/c1-9(2)10-6-4-5-7-11(10)13-8-12(14(17)18)15-16(13)3/h4-9H,1-3H3,(H,17,18). The Kier molecular flexibility index (Phi) is 3.19. The lowest BCUT2D eigenvalue weighted by molar-refractivity contribution is 0.0689. The summed E-state index contributed by atoms with van der Waals surface area (Å²) in [5.41, 5.74) is 3.13. The third-order valence-corrected chi connectivity index (χ3v) is 2.96. The molecule has 0 atom stereocenters. The van der Waals surface area contributed by atoms with Crippen LogP contribution in [0.1, 0.15) is 35.8 Å². The Bertz CT molecular complexity index is 585. The lowest BCUT2D eigenvalue weighted by Gasteiger charge is -2.12. The Morgan fingerprint density at radius 3 is 2.56 bits per heavy atom. The first-order valence-corrected chi connectivity index (χ1v) is 5.87. The maximum atomic E-state index is 10.9. The van der Waals surface area contributed by atoms with E-state index in [-0.39, 0.29) is 5.69 Å². The number of carbonyl (C=O) groups is 1. The predicted molar refractivity (Wildman–Crippen MR) is 69.7 cm³/mol. The average Bonchev–Trinajstić information content (AvgIpc) is 2.71. The van der Waals surface area contributed by atoms with Crippen molar-refractivity contribution in [1.82, 2.24) is 9.78 Å². The number of carboxylic acid groups (broad SMARTS) is 1. The van der Waals surface area contributed by atoms with Crippen molar-refractivity contribution in [2.45, 2.75) is 19.8 Å². The monoisotopic (exact) mass is 244 g/mol. The van der Waals surface area contributed by atoms with Crippen molar-refractivity contribution in [3.05, 3.63) is 41.6 Å². The van der Waals surface area contributed by atoms with Gasteiger partial charge in [-0.3, -0.25) is 4.68 Å². The summed E-state index contributed by atoms with van der Waals surface area (Å²) in [6.07, 6.45) is 0. The first-order valence-electron chi connectivity index (χ1n) is 5.87. The van der Waals surface area contributed by atoms with Gasteiger partial charge >= 0.3 is 5.97 Å². The minimum absolute atomic E-state index is 0.0751. The number of aromatic carboxylic acids is 1. The molecule has 0 amide bonds. The van der Waals surface area contributed by atoms with Crippen LogP contribution in [0.3, 0.4) is 0 Å². The summed E-state index contributed by atoms with van der Waals surface area (Å²) >= 11 is 0. The second kappa shape index (κ2) is 4.64. The molecular formula is C14H16N2O2. The molecule has 1 N–H and O–H groups in total. The van der Waals surface area contributed by atoms with Gasteiger partial charge in [-0.15, -0.1) is 0 Å². The van der Waals surface area contributed by atoms with Crippen molar-refractivity contribution in [2.24, 2.45) is 7.05 Å². The van der Waals surface area contributed by atoms with Gasteiger partial charge in [0.15, 0.2) is 5.69 Å². The molecule has 94 valence electrons. The number of carboxylic acids is 1. The third-order valence-electron chi connectivity index (χ3n) is 2.96. The molecule has 0 bridgehead atoms. The molecule has 0 saturated carbocycles. The molecular weight excluding hydrogens is 228 g/mol. The van der Waals surface area contributed by atoms with Gasteiger partial charge in [-0.25, -0.2) is 4.79 Å². The largest absolute Gasteiger partial charge is 0.476 e. The minimum atomic E-state index is -1.00. The first kappa shape index (κ1) is 12.4. The van der Waals surface area contributed by atoms with Crippen LogP contribution >= 0.6 is 0 Å². The van der Waals surface area contributed by atoms with Gasteiger partial charge < -0.3 is 5.11 Å². The highest BCUT2D eigenvalue weighted by Crippen LogP contribution is 2.29. The van der Waals surface area contributed by atoms with Crippen LogP contribution in [0.4, 0.5) is 0 Å². The lowest BCUT2D eigenvalue weighted by Crippen LogP contribution is -2.00. The highest BCUT2D eigenvalue weighted by Gasteiger charge is 2.15. The van der Waals surface area contributed by atoms with E-state index in [4.69, 9.17) is 5.11 Å². The summed E-state index contributed by atoms with van der Waals surface area (Å²) in [6, 6.07) is 9.62. The maximum Gasteiger partial charge on any atom is 0.356 e. The van der Waals surface area contributed by atoms with E-state index in [1.54, 1.807) is 17.8 Å². The van der Waals surface area contributed by atoms with Crippen LogP contribution in [-0.2, 0) is 7.05 Å². The molecule has 4 nitrogen and oxygen atoms in total. The number of aromatic nitrogens is 2. The zero-order chi connectivity index (χ0) is 13.3. The fourth-order valence-electron chi connectivity index (χ4n) is 2.06. The van der Waals surface area contributed by atoms with Crippen molar-refractivity contribution in [3.63, 3.8) is 0 Å². The van der Waals surface area contributed by atoms with Crippen molar-refractivity contribution < 1.29 is 9.90 Å². The van der Waals surface area contributed by atoms with Crippen LogP contribution in [0, 0.1) is 0 Å². The number of hydrogen-bond donors (Lipinski definition) is 1. The van der Waals surface area contributed by atoms with Crippen LogP contribution < -0.4 is 0 Å². The average molecular weight is 244 g/mol. The zero-order valence-corrected chi connectivity index (χ0v) is 10.7. The Balaban J connectivity index is 2.58. The minimum Gasteiger partial charge on any atom is -0.476 e. The molecule has 0 fully saturated rings. The van der Waals surface area contributed by atoms with Gasteiger partial charge in [0.05, 0.1) is 5.69 Å². The summed E-state index contributed by atoms with van der Waals surface area (Å²) in [5.74, 6) is -0.622. The molecule has 1 aromatic heterocycles. The van der Waals surface area contributed by atoms with Crippen LogP contribution in [0.25, 0.3) is 11.3 Å². The first-order chi connectivity index (χ1) is 8.50. The Morgan fingerprint density at radius 1 is 1.33 bits per heavy atom. The van der Waals surface area contributed by atoms with E-state index in [0.29, 0.717) is 5.92 Å². The molecule has 0 unspecified atom stereocenters. The lowest BCUT2D eigenvalue weighted by atomic mass is 9.95. The van der Waals surface area contributed by atoms with E-state index in [2.05, 4.69) is 25.0 Å². The van der Waals surface area contributed by atoms with Crippen molar-refractivity contribution in [1.29, 1.82) is 0 Å². The van der Waals surface area contributed by atoms with Gasteiger partial charge in [0.25, 0.3) is 0 Å². The number of rotatable bonds is 3. The number of aryl methyl sites for hydroxylation is 1. The van der Waals surface area contributed by atoms with Gasteiger partial charge in [0.1, 0.15) is 0 Å². The van der Waals surface area contributed by atoms with Crippen LogP contribution in [-0.4, -0.2) is 20.9 Å². The van der Waals surface area contributed by atoms with Gasteiger partial charge in [0.2, 0.25) is 0 Å². The molecule has 0 spiro atoms. The molecule has 1 heterocycles. The fourth-order valence-corrected chi connectivity index (χ4v) is 2.06. The van der Waals surface area contributed by atoms with Gasteiger partial charge in [-0.2, -0.15) is 5.10 Å². The van der Waals surface area contributed by atoms with E-state index in [1.807, 2.05) is 18.2 Å². The van der Waals surface area contributed by atoms with E-state index in [1.165, 1.54) is 5.56 Å². The SMILES string of the molecule is CC(C)c1ccccc1-c1cc(C(=O)O)nn1C. The fraction of sp³-hybridized carbons (Fsp3) is 0.286. The predicted octanol–water partition coefficient (Wildman–Crippen LogP) is 2.91. The molecule has 0 aliphatic heterocycles. The summed E-state index contributed by atoms with van der Waals surface area (Å²) in [5, 5.41) is 13.0. The quantitative estimate of drug-likeness (QED) is 0.903. The second-order valence-corrected chi connectivity index (χ2v) is 4.59. The van der Waals surface area contributed by atoms with E-state index < -0.39 is 5.97 Å². The molecule has 0 aliphatic carbocycles. The third kappa shape index (κ3) is 2.14. The summed E-state index contributed by atoms with van der Waals surface area (Å²) in [6.45, 7) is 4.24. The molecule has 18 heavy (non-hydrogen) atoms. The highest BCUT2D eigenvalue weighted by atomic mass is 16.4. The second-order valence-electron chi connectivity index (χ2n) is 4.59. The van der Waals surface area contributed by atoms with E-state index in [0.717, 1.165) is 11.3 Å². The molecule has 0 aliphatic rings. The Labute approximate surface area is 106 Å². The summed E-state index contributed by atoms with van der Waals surface area (Å²) in [4.78, 5) is 10.9. The van der Waals surface area contributed by atoms with Crippen LogP contribution in [0.15, 0.2) is 30.3 Å². The van der Waals surface area contributed by atoms with Gasteiger partial charge in [-0.05, 0) is 17.5 Å². The molecule has 2 aromatic rings. The summed E-state index contributed by atoms with van der Waals surface area (Å²) < 4.78 is 1.62. The van der Waals surface area contributed by atoms with Crippen molar-refractivity contribution in [3.8, 4) is 11.3 Å². The van der Waals surface area contributed by atoms with Crippen molar-refractivity contribution in [2.75, 3.05) is 0 Å². The van der Waals surface area contributed by atoms with Gasteiger partial charge in [0, 0.05) is 12.6 Å². The molecule has 0 saturated heterocycles. The van der Waals surface area contributed by atoms with E-state index in [9.17, 15) is 4.79 Å². The summed E-state index contributed by atoms with van der Waals surface area (Å²) in [7, 11) is 1.76. The number of hydrogen-bond acceptors (Lipinski definition) is 2. The number of nitrogens with zero attached hydrogens (tertiary/aromatic N) is 2. The number of benzene rings is 1. The topological polar surface area (TPSA) is 55.1 Å². The normalized spacial score (nSPS) is 10.9. The van der Waals surface area contributed by atoms with Gasteiger partial charge in [-0.1, -0.05) is 38.1 Å². The zero-order valence-electron chi connectivity index (χ0n) is 10.7. The molecule has 1 aromatic carbocycles. The van der Waals surface area contributed by atoms with Crippen molar-refractivity contribution >= 4 is 5.97 Å². The van der Waals surface area contributed by atoms with Crippen LogP contribution in [0.5, 0.6) is 0 Å². The molecule has 4 heteroatoms. The molecule has 0 radical (unpaired) electrons.